The van der Waals surface area contributed by atoms with Gasteiger partial charge in [-0.3, -0.25) is 14.5 Å². The largest absolute Gasteiger partial charge is 0.468 e. The Morgan fingerprint density at radius 1 is 1.06 bits per heavy atom. The van der Waals surface area contributed by atoms with Crippen molar-refractivity contribution in [2.24, 2.45) is 5.92 Å². The van der Waals surface area contributed by atoms with Crippen molar-refractivity contribution >= 4 is 11.8 Å². The first-order chi connectivity index (χ1) is 15.0. The monoisotopic (exact) mass is 425 g/mol. The van der Waals surface area contributed by atoms with Gasteiger partial charge < -0.3 is 15.1 Å². The number of hydrogen-bond acceptors (Lipinski definition) is 4. The molecule has 0 spiro atoms. The third-order valence-corrected chi connectivity index (χ3v) is 5.89. The maximum absolute atomic E-state index is 13.1. The number of piperidine rings is 1. The topological polar surface area (TPSA) is 74.6 Å². The van der Waals surface area contributed by atoms with Gasteiger partial charge in [-0.05, 0) is 69.0 Å². The van der Waals surface area contributed by atoms with Crippen LogP contribution >= 0.6 is 0 Å². The van der Waals surface area contributed by atoms with E-state index in [0.717, 1.165) is 37.3 Å². The van der Waals surface area contributed by atoms with Crippen LogP contribution in [0.3, 0.4) is 0 Å². The van der Waals surface area contributed by atoms with E-state index < -0.39 is 6.04 Å². The zero-order valence-electron chi connectivity index (χ0n) is 18.9. The van der Waals surface area contributed by atoms with Gasteiger partial charge in [0.25, 0.3) is 5.91 Å². The Kier molecular flexibility index (Phi) is 8.29. The number of carbonyl (C=O) groups is 2. The molecular formula is C25H35N3O3. The molecule has 2 atom stereocenters. The van der Waals surface area contributed by atoms with Gasteiger partial charge in [0, 0.05) is 12.1 Å². The maximum Gasteiger partial charge on any atom is 0.252 e. The van der Waals surface area contributed by atoms with Crippen molar-refractivity contribution in [2.45, 2.75) is 58.5 Å². The Labute approximate surface area is 185 Å². The van der Waals surface area contributed by atoms with Crippen LogP contribution in [0.2, 0.25) is 0 Å². The molecule has 1 aromatic carbocycles. The summed E-state index contributed by atoms with van der Waals surface area (Å²) in [6, 6.07) is 10.7. The highest BCUT2D eigenvalue weighted by Crippen LogP contribution is 2.24. The van der Waals surface area contributed by atoms with E-state index in [1.165, 1.54) is 6.42 Å². The second kappa shape index (κ2) is 11.1. The third-order valence-electron chi connectivity index (χ3n) is 5.89. The lowest BCUT2D eigenvalue weighted by Crippen LogP contribution is -2.49. The van der Waals surface area contributed by atoms with Gasteiger partial charge in [-0.25, -0.2) is 0 Å². The molecule has 2 amide bonds. The number of furan rings is 1. The molecule has 6 nitrogen and oxygen atoms in total. The summed E-state index contributed by atoms with van der Waals surface area (Å²) >= 11 is 0. The smallest absolute Gasteiger partial charge is 0.252 e. The van der Waals surface area contributed by atoms with Crippen molar-refractivity contribution in [1.29, 1.82) is 0 Å². The van der Waals surface area contributed by atoms with E-state index in [1.54, 1.807) is 12.3 Å². The second-order valence-corrected chi connectivity index (χ2v) is 8.84. The quantitative estimate of drug-likeness (QED) is 0.635. The van der Waals surface area contributed by atoms with Gasteiger partial charge in [0.05, 0.1) is 12.3 Å². The molecule has 31 heavy (non-hydrogen) atoms. The summed E-state index contributed by atoms with van der Waals surface area (Å²) in [6.07, 6.45) is 5.83. The molecule has 2 N–H and O–H groups in total. The number of hydrogen-bond donors (Lipinski definition) is 2. The number of nitrogens with zero attached hydrogens (tertiary/aromatic N) is 1. The molecule has 0 saturated carbocycles. The fourth-order valence-corrected chi connectivity index (χ4v) is 4.21. The molecule has 0 bridgehead atoms. The SMILES string of the molecule is Cc1ccccc1C(=O)NC(CC(C)C)C(=O)NCC(c1ccco1)N1CCCCC1. The number of amides is 2. The highest BCUT2D eigenvalue weighted by Gasteiger charge is 2.28. The van der Waals surface area contributed by atoms with E-state index in [4.69, 9.17) is 4.42 Å². The molecule has 1 fully saturated rings. The molecule has 168 valence electrons. The summed E-state index contributed by atoms with van der Waals surface area (Å²) in [6.45, 7) is 8.47. The minimum absolute atomic E-state index is 0.00557. The summed E-state index contributed by atoms with van der Waals surface area (Å²) < 4.78 is 5.68. The number of rotatable bonds is 9. The van der Waals surface area contributed by atoms with E-state index in [-0.39, 0.29) is 23.8 Å². The molecule has 0 aliphatic carbocycles. The van der Waals surface area contributed by atoms with Crippen LogP contribution in [-0.4, -0.2) is 42.4 Å². The normalized spacial score (nSPS) is 16.6. The first-order valence-electron chi connectivity index (χ1n) is 11.4. The van der Waals surface area contributed by atoms with Crippen LogP contribution in [-0.2, 0) is 4.79 Å². The second-order valence-electron chi connectivity index (χ2n) is 8.84. The Morgan fingerprint density at radius 3 is 2.45 bits per heavy atom. The average Bonchev–Trinajstić information content (AvgIpc) is 3.28. The van der Waals surface area contributed by atoms with Crippen LogP contribution in [0.4, 0.5) is 0 Å². The Bertz CT molecular complexity index is 841. The van der Waals surface area contributed by atoms with Gasteiger partial charge in [-0.1, -0.05) is 38.5 Å². The molecule has 2 unspecified atom stereocenters. The lowest BCUT2D eigenvalue weighted by molar-refractivity contribution is -0.123. The van der Waals surface area contributed by atoms with Gasteiger partial charge in [-0.15, -0.1) is 0 Å². The van der Waals surface area contributed by atoms with Crippen LogP contribution in [0.25, 0.3) is 0 Å². The molecule has 1 aromatic heterocycles. The number of benzene rings is 1. The first kappa shape index (κ1) is 23.1. The van der Waals surface area contributed by atoms with Gasteiger partial charge in [-0.2, -0.15) is 0 Å². The molecule has 2 heterocycles. The van der Waals surface area contributed by atoms with Gasteiger partial charge in [0.15, 0.2) is 0 Å². The Hall–Kier alpha value is -2.60. The van der Waals surface area contributed by atoms with Crippen molar-refractivity contribution in [2.75, 3.05) is 19.6 Å². The van der Waals surface area contributed by atoms with Crippen LogP contribution in [0.5, 0.6) is 0 Å². The maximum atomic E-state index is 13.1. The minimum atomic E-state index is -0.578. The molecular weight excluding hydrogens is 390 g/mol. The fourth-order valence-electron chi connectivity index (χ4n) is 4.21. The van der Waals surface area contributed by atoms with Crippen LogP contribution in [0.15, 0.2) is 47.1 Å². The molecule has 3 rings (SSSR count). The van der Waals surface area contributed by atoms with Gasteiger partial charge in [0.1, 0.15) is 11.8 Å². The van der Waals surface area contributed by atoms with Crippen molar-refractivity contribution in [1.82, 2.24) is 15.5 Å². The summed E-state index contributed by atoms with van der Waals surface area (Å²) in [5.74, 6) is 0.782. The van der Waals surface area contributed by atoms with Gasteiger partial charge >= 0.3 is 0 Å². The van der Waals surface area contributed by atoms with E-state index in [0.29, 0.717) is 18.5 Å². The van der Waals surface area contributed by atoms with Crippen molar-refractivity contribution in [3.63, 3.8) is 0 Å². The standard InChI is InChI=1S/C25H35N3O3/c1-18(2)16-21(27-24(29)20-11-6-5-10-19(20)3)25(30)26-17-22(23-12-9-15-31-23)28-13-7-4-8-14-28/h5-6,9-12,15,18,21-22H,4,7-8,13-14,16-17H2,1-3H3,(H,26,30)(H,27,29). The predicted molar refractivity (Wildman–Crippen MR) is 122 cm³/mol. The number of aryl methyl sites for hydroxylation is 1. The van der Waals surface area contributed by atoms with Crippen molar-refractivity contribution in [3.8, 4) is 0 Å². The highest BCUT2D eigenvalue weighted by atomic mass is 16.3. The fraction of sp³-hybridized carbons (Fsp3) is 0.520. The Morgan fingerprint density at radius 2 is 1.81 bits per heavy atom. The van der Waals surface area contributed by atoms with Crippen LogP contribution in [0.1, 0.15) is 67.3 Å². The Balaban J connectivity index is 1.67. The summed E-state index contributed by atoms with van der Waals surface area (Å²) in [7, 11) is 0. The first-order valence-corrected chi connectivity index (χ1v) is 11.4. The lowest BCUT2D eigenvalue weighted by Gasteiger charge is -2.33. The van der Waals surface area contributed by atoms with Crippen molar-refractivity contribution < 1.29 is 14.0 Å². The lowest BCUT2D eigenvalue weighted by atomic mass is 10.0. The summed E-state index contributed by atoms with van der Waals surface area (Å²) in [5.41, 5.74) is 1.50. The number of carbonyl (C=O) groups excluding carboxylic acids is 2. The molecule has 1 saturated heterocycles. The van der Waals surface area contributed by atoms with E-state index in [9.17, 15) is 9.59 Å². The molecule has 1 aliphatic heterocycles. The van der Waals surface area contributed by atoms with Crippen molar-refractivity contribution in [3.05, 3.63) is 59.5 Å². The molecule has 6 heteroatoms. The molecule has 2 aromatic rings. The third kappa shape index (κ3) is 6.44. The summed E-state index contributed by atoms with van der Waals surface area (Å²) in [4.78, 5) is 28.3. The minimum Gasteiger partial charge on any atom is -0.468 e. The zero-order chi connectivity index (χ0) is 22.2. The summed E-state index contributed by atoms with van der Waals surface area (Å²) in [5, 5.41) is 6.05. The zero-order valence-corrected chi connectivity index (χ0v) is 18.9. The average molecular weight is 426 g/mol. The van der Waals surface area contributed by atoms with Gasteiger partial charge in [0.2, 0.25) is 5.91 Å². The van der Waals surface area contributed by atoms with E-state index in [1.807, 2.05) is 37.3 Å². The molecule has 0 radical (unpaired) electrons. The van der Waals surface area contributed by atoms with E-state index >= 15 is 0 Å². The number of nitrogens with one attached hydrogen (secondary N) is 2. The highest BCUT2D eigenvalue weighted by molar-refractivity contribution is 5.98. The van der Waals surface area contributed by atoms with Crippen LogP contribution < -0.4 is 10.6 Å². The van der Waals surface area contributed by atoms with Crippen LogP contribution in [0, 0.1) is 12.8 Å². The molecule has 1 aliphatic rings. The van der Waals surface area contributed by atoms with E-state index in [2.05, 4.69) is 29.4 Å². The number of likely N-dealkylation sites (tertiary alicyclic amines) is 1. The predicted octanol–water partition coefficient (Wildman–Crippen LogP) is 4.08.